The van der Waals surface area contributed by atoms with Gasteiger partial charge in [-0.2, -0.15) is 0 Å². The molecular formula is C19H30N4O. The van der Waals surface area contributed by atoms with Crippen molar-refractivity contribution in [2.24, 2.45) is 5.92 Å². The van der Waals surface area contributed by atoms with Gasteiger partial charge in [0.25, 0.3) is 0 Å². The number of amides is 1. The molecule has 2 aliphatic heterocycles. The van der Waals surface area contributed by atoms with Crippen molar-refractivity contribution in [1.29, 1.82) is 0 Å². The number of likely N-dealkylation sites (tertiary alicyclic amines) is 1. The highest BCUT2D eigenvalue weighted by molar-refractivity contribution is 5.78. The van der Waals surface area contributed by atoms with E-state index in [1.165, 1.54) is 24.8 Å². The normalized spacial score (nSPS) is 25.1. The van der Waals surface area contributed by atoms with E-state index in [2.05, 4.69) is 53.1 Å². The molecule has 5 heteroatoms. The highest BCUT2D eigenvalue weighted by Crippen LogP contribution is 2.28. The zero-order valence-corrected chi connectivity index (χ0v) is 15.2. The molecule has 2 saturated heterocycles. The molecule has 2 atom stereocenters. The lowest BCUT2D eigenvalue weighted by Crippen LogP contribution is -2.44. The molecule has 2 unspecified atom stereocenters. The molecule has 0 bridgehead atoms. The average molecular weight is 330 g/mol. The van der Waals surface area contributed by atoms with Crippen LogP contribution >= 0.6 is 0 Å². The summed E-state index contributed by atoms with van der Waals surface area (Å²) in [5.74, 6) is 1.71. The lowest BCUT2D eigenvalue weighted by molar-refractivity contribution is -0.119. The summed E-state index contributed by atoms with van der Waals surface area (Å²) in [5, 5.41) is 3.00. The van der Waals surface area contributed by atoms with Crippen LogP contribution in [-0.2, 0) is 11.3 Å². The molecule has 2 fully saturated rings. The molecule has 0 radical (unpaired) electrons. The first-order valence-electron chi connectivity index (χ1n) is 9.23. The smallest absolute Gasteiger partial charge is 0.220 e. The Morgan fingerprint density at radius 3 is 2.83 bits per heavy atom. The Kier molecular flexibility index (Phi) is 5.39. The first-order chi connectivity index (χ1) is 11.5. The van der Waals surface area contributed by atoms with E-state index >= 15 is 0 Å². The third-order valence-corrected chi connectivity index (χ3v) is 5.55. The monoisotopic (exact) mass is 330 g/mol. The fourth-order valence-corrected chi connectivity index (χ4v) is 3.86. The summed E-state index contributed by atoms with van der Waals surface area (Å²) in [5.41, 5.74) is 1.26. The van der Waals surface area contributed by atoms with Gasteiger partial charge in [-0.15, -0.1) is 0 Å². The Morgan fingerprint density at radius 2 is 2.21 bits per heavy atom. The molecule has 3 rings (SSSR count). The quantitative estimate of drug-likeness (QED) is 0.901. The predicted octanol–water partition coefficient (Wildman–Crippen LogP) is 2.42. The van der Waals surface area contributed by atoms with Crippen molar-refractivity contribution in [2.45, 2.75) is 58.2 Å². The number of nitrogens with one attached hydrogen (secondary N) is 1. The zero-order valence-electron chi connectivity index (χ0n) is 15.2. The Bertz CT molecular complexity index is 557. The van der Waals surface area contributed by atoms with Gasteiger partial charge >= 0.3 is 0 Å². The number of carbonyl (C=O) groups is 1. The number of piperidine rings is 1. The third-order valence-electron chi connectivity index (χ3n) is 5.55. The summed E-state index contributed by atoms with van der Waals surface area (Å²) in [6, 6.07) is 5.29. The first-order valence-corrected chi connectivity index (χ1v) is 9.23. The summed E-state index contributed by atoms with van der Waals surface area (Å²) in [6.07, 6.45) is 6.45. The molecule has 1 aromatic rings. The van der Waals surface area contributed by atoms with E-state index in [-0.39, 0.29) is 5.91 Å². The molecule has 5 nitrogen and oxygen atoms in total. The third kappa shape index (κ3) is 3.89. The molecule has 0 aliphatic carbocycles. The van der Waals surface area contributed by atoms with E-state index in [4.69, 9.17) is 0 Å². The van der Waals surface area contributed by atoms with Crippen LogP contribution in [0.2, 0.25) is 0 Å². The lowest BCUT2D eigenvalue weighted by Gasteiger charge is -2.38. The summed E-state index contributed by atoms with van der Waals surface area (Å²) < 4.78 is 0. The van der Waals surface area contributed by atoms with Crippen LogP contribution in [0.3, 0.4) is 0 Å². The first kappa shape index (κ1) is 17.2. The van der Waals surface area contributed by atoms with E-state index in [1.54, 1.807) is 0 Å². The van der Waals surface area contributed by atoms with Crippen molar-refractivity contribution in [2.75, 3.05) is 25.0 Å². The maximum absolute atomic E-state index is 11.6. The van der Waals surface area contributed by atoms with E-state index in [1.807, 2.05) is 6.20 Å². The largest absolute Gasteiger partial charge is 0.357 e. The maximum atomic E-state index is 11.6. The van der Waals surface area contributed by atoms with Gasteiger partial charge in [-0.1, -0.05) is 12.5 Å². The van der Waals surface area contributed by atoms with Crippen LogP contribution in [0.4, 0.5) is 5.82 Å². The zero-order chi connectivity index (χ0) is 17.1. The highest BCUT2D eigenvalue weighted by Gasteiger charge is 2.34. The minimum Gasteiger partial charge on any atom is -0.357 e. The number of pyridine rings is 1. The Balaban J connectivity index is 1.65. The molecule has 132 valence electrons. The molecular weight excluding hydrogens is 300 g/mol. The number of carbonyl (C=O) groups excluding carboxylic acids is 1. The molecule has 0 saturated carbocycles. The standard InChI is InChI=1S/C19H30N4O/c1-14(2)22(3)18-8-7-15(11-20-18)13-23-9-5-4-6-17(23)16-10-19(24)21-12-16/h7-8,11,14,16-17H,4-6,9-10,12-13H2,1-3H3,(H,21,24). The Morgan fingerprint density at radius 1 is 1.38 bits per heavy atom. The van der Waals surface area contributed by atoms with Crippen molar-refractivity contribution in [3.8, 4) is 0 Å². The average Bonchev–Trinajstić information content (AvgIpc) is 3.01. The van der Waals surface area contributed by atoms with E-state index in [0.717, 1.165) is 25.5 Å². The van der Waals surface area contributed by atoms with Crippen molar-refractivity contribution in [3.05, 3.63) is 23.9 Å². The van der Waals surface area contributed by atoms with Crippen molar-refractivity contribution < 1.29 is 4.79 Å². The van der Waals surface area contributed by atoms with Crippen LogP contribution in [0.25, 0.3) is 0 Å². The second-order valence-corrected chi connectivity index (χ2v) is 7.53. The van der Waals surface area contributed by atoms with E-state index < -0.39 is 0 Å². The fourth-order valence-electron chi connectivity index (χ4n) is 3.86. The van der Waals surface area contributed by atoms with Crippen LogP contribution < -0.4 is 10.2 Å². The second kappa shape index (κ2) is 7.51. The molecule has 3 heterocycles. The van der Waals surface area contributed by atoms with Crippen molar-refractivity contribution in [1.82, 2.24) is 15.2 Å². The Labute approximate surface area is 145 Å². The van der Waals surface area contributed by atoms with E-state index in [9.17, 15) is 4.79 Å². The number of aromatic nitrogens is 1. The van der Waals surface area contributed by atoms with Crippen molar-refractivity contribution in [3.63, 3.8) is 0 Å². The minimum absolute atomic E-state index is 0.216. The molecule has 1 N–H and O–H groups in total. The highest BCUT2D eigenvalue weighted by atomic mass is 16.1. The lowest BCUT2D eigenvalue weighted by atomic mass is 9.89. The van der Waals surface area contributed by atoms with Gasteiger partial charge in [-0.05, 0) is 44.9 Å². The molecule has 1 aromatic heterocycles. The Hall–Kier alpha value is -1.62. The van der Waals surface area contributed by atoms with Crippen LogP contribution in [0, 0.1) is 5.92 Å². The number of rotatable bonds is 5. The van der Waals surface area contributed by atoms with Gasteiger partial charge in [0.15, 0.2) is 0 Å². The van der Waals surface area contributed by atoms with E-state index in [0.29, 0.717) is 24.4 Å². The fraction of sp³-hybridized carbons (Fsp3) is 0.684. The molecule has 0 spiro atoms. The van der Waals surface area contributed by atoms with Crippen LogP contribution in [-0.4, -0.2) is 48.0 Å². The maximum Gasteiger partial charge on any atom is 0.220 e. The summed E-state index contributed by atoms with van der Waals surface area (Å²) in [7, 11) is 2.08. The molecule has 1 amide bonds. The molecule has 24 heavy (non-hydrogen) atoms. The molecule has 2 aliphatic rings. The van der Waals surface area contributed by atoms with Crippen LogP contribution in [0.15, 0.2) is 18.3 Å². The number of hydrogen-bond donors (Lipinski definition) is 1. The van der Waals surface area contributed by atoms with Gasteiger partial charge < -0.3 is 10.2 Å². The second-order valence-electron chi connectivity index (χ2n) is 7.53. The topological polar surface area (TPSA) is 48.5 Å². The number of nitrogens with zero attached hydrogens (tertiary/aromatic N) is 3. The SMILES string of the molecule is CC(C)N(C)c1ccc(CN2CCCCC2C2CNC(=O)C2)cn1. The van der Waals surface area contributed by atoms with Crippen LogP contribution in [0.1, 0.15) is 45.1 Å². The van der Waals surface area contributed by atoms with Gasteiger partial charge in [0.2, 0.25) is 5.91 Å². The summed E-state index contributed by atoms with van der Waals surface area (Å²) in [4.78, 5) is 21.0. The van der Waals surface area contributed by atoms with Gasteiger partial charge in [0.1, 0.15) is 5.82 Å². The van der Waals surface area contributed by atoms with Gasteiger partial charge in [-0.25, -0.2) is 4.98 Å². The number of anilines is 1. The minimum atomic E-state index is 0.216. The summed E-state index contributed by atoms with van der Waals surface area (Å²) in [6.45, 7) is 7.25. The predicted molar refractivity (Wildman–Crippen MR) is 96.9 cm³/mol. The molecule has 0 aromatic carbocycles. The van der Waals surface area contributed by atoms with Crippen LogP contribution in [0.5, 0.6) is 0 Å². The number of hydrogen-bond acceptors (Lipinski definition) is 4. The van der Waals surface area contributed by atoms with Crippen molar-refractivity contribution >= 4 is 11.7 Å². The van der Waals surface area contributed by atoms with Gasteiger partial charge in [0.05, 0.1) is 0 Å². The van der Waals surface area contributed by atoms with Gasteiger partial charge in [-0.3, -0.25) is 9.69 Å². The summed E-state index contributed by atoms with van der Waals surface area (Å²) >= 11 is 0. The van der Waals surface area contributed by atoms with Gasteiger partial charge in [0, 0.05) is 50.8 Å².